The maximum atomic E-state index is 11.0. The molecule has 0 saturated heterocycles. The lowest BCUT2D eigenvalue weighted by molar-refractivity contribution is -0.104. The van der Waals surface area contributed by atoms with Crippen molar-refractivity contribution in [1.82, 2.24) is 0 Å². The van der Waals surface area contributed by atoms with Gasteiger partial charge in [0.15, 0.2) is 0 Å². The first-order valence-electron chi connectivity index (χ1n) is 9.51. The van der Waals surface area contributed by atoms with Crippen LogP contribution in [0.25, 0.3) is 0 Å². The minimum absolute atomic E-state index is 0.117. The molecule has 4 aliphatic carbocycles. The monoisotopic (exact) mass is 314 g/mol. The Hall–Kier alpha value is -0.890. The van der Waals surface area contributed by atoms with Crippen molar-refractivity contribution in [3.05, 3.63) is 23.3 Å². The van der Waals surface area contributed by atoms with Crippen LogP contribution < -0.4 is 0 Å². The van der Waals surface area contributed by atoms with Gasteiger partial charge in [0.2, 0.25) is 0 Å². The first kappa shape index (κ1) is 15.6. The molecule has 0 amide bonds. The van der Waals surface area contributed by atoms with Crippen LogP contribution in [0.4, 0.5) is 0 Å². The van der Waals surface area contributed by atoms with Crippen LogP contribution in [0.15, 0.2) is 23.3 Å². The molecule has 0 radical (unpaired) electrons. The zero-order valence-corrected chi connectivity index (χ0v) is 14.6. The molecule has 0 bridgehead atoms. The maximum Gasteiger partial charge on any atom is 0.142 e. The predicted molar refractivity (Wildman–Crippen MR) is 91.9 cm³/mol. The average Bonchev–Trinajstić information content (AvgIpc) is 2.85. The van der Waals surface area contributed by atoms with E-state index in [1.165, 1.54) is 31.3 Å². The van der Waals surface area contributed by atoms with Gasteiger partial charge in [-0.05, 0) is 86.0 Å². The Kier molecular flexibility index (Phi) is 3.61. The molecule has 4 rings (SSSR count). The molecule has 6 atom stereocenters. The largest absolute Gasteiger partial charge is 0.393 e. The third-order valence-electron chi connectivity index (χ3n) is 8.19. The molecule has 3 saturated carbocycles. The van der Waals surface area contributed by atoms with Crippen molar-refractivity contribution in [2.24, 2.45) is 28.6 Å². The van der Waals surface area contributed by atoms with Crippen molar-refractivity contribution < 1.29 is 9.90 Å². The smallest absolute Gasteiger partial charge is 0.142 e. The summed E-state index contributed by atoms with van der Waals surface area (Å²) in [6, 6.07) is 0. The Balaban J connectivity index is 1.67. The second kappa shape index (κ2) is 5.31. The third-order valence-corrected chi connectivity index (χ3v) is 8.19. The van der Waals surface area contributed by atoms with Crippen LogP contribution in [0.3, 0.4) is 0 Å². The van der Waals surface area contributed by atoms with Crippen molar-refractivity contribution in [1.29, 1.82) is 0 Å². The van der Waals surface area contributed by atoms with Gasteiger partial charge in [0, 0.05) is 0 Å². The minimum atomic E-state index is -0.117. The first-order chi connectivity index (χ1) is 11.0. The van der Waals surface area contributed by atoms with Crippen molar-refractivity contribution >= 4 is 6.29 Å². The molecule has 1 N–H and O–H groups in total. The minimum Gasteiger partial charge on any atom is -0.393 e. The summed E-state index contributed by atoms with van der Waals surface area (Å²) in [5.74, 6) is 2.30. The Bertz CT molecular complexity index is 574. The van der Waals surface area contributed by atoms with Gasteiger partial charge in [0.05, 0.1) is 6.10 Å². The summed E-state index contributed by atoms with van der Waals surface area (Å²) in [6.45, 7) is 4.89. The summed E-state index contributed by atoms with van der Waals surface area (Å²) in [6.07, 6.45) is 14.4. The number of fused-ring (bicyclic) bond motifs is 5. The number of aliphatic hydroxyl groups excluding tert-OH is 1. The van der Waals surface area contributed by atoms with E-state index in [-0.39, 0.29) is 11.5 Å². The van der Waals surface area contributed by atoms with Gasteiger partial charge in [-0.3, -0.25) is 4.79 Å². The number of allylic oxidation sites excluding steroid dienone is 3. The molecule has 0 spiro atoms. The predicted octanol–water partition coefficient (Wildman–Crippen LogP) is 4.44. The van der Waals surface area contributed by atoms with Gasteiger partial charge in [-0.25, -0.2) is 0 Å². The fourth-order valence-corrected chi connectivity index (χ4v) is 6.85. The number of hydrogen-bond donors (Lipinski definition) is 1. The van der Waals surface area contributed by atoms with E-state index >= 15 is 0 Å². The highest BCUT2D eigenvalue weighted by atomic mass is 16.3. The second-order valence-electron chi connectivity index (χ2n) is 8.98. The molecule has 0 aromatic heterocycles. The molecule has 0 aliphatic heterocycles. The number of carbonyl (C=O) groups is 1. The molecule has 2 nitrogen and oxygen atoms in total. The number of aliphatic hydroxyl groups is 1. The first-order valence-corrected chi connectivity index (χ1v) is 9.51. The zero-order valence-electron chi connectivity index (χ0n) is 14.6. The highest BCUT2D eigenvalue weighted by Gasteiger charge is 2.56. The van der Waals surface area contributed by atoms with Gasteiger partial charge in [-0.2, -0.15) is 0 Å². The van der Waals surface area contributed by atoms with Crippen molar-refractivity contribution in [3.63, 3.8) is 0 Å². The van der Waals surface area contributed by atoms with Crippen LogP contribution >= 0.6 is 0 Å². The summed E-state index contributed by atoms with van der Waals surface area (Å²) in [4.78, 5) is 11.0. The topological polar surface area (TPSA) is 37.3 Å². The van der Waals surface area contributed by atoms with Crippen molar-refractivity contribution in [2.45, 2.75) is 71.3 Å². The molecule has 126 valence electrons. The molecular formula is C21H30O2. The average molecular weight is 314 g/mol. The summed E-state index contributed by atoms with van der Waals surface area (Å²) in [7, 11) is 0. The SMILES string of the molecule is C[C@]12CCC(O)CC1=CC[C@@H]1[C@H]2CC[C@]2(C)C(=CC=O)CC[C@@H]12. The Morgan fingerprint density at radius 2 is 1.87 bits per heavy atom. The lowest BCUT2D eigenvalue weighted by atomic mass is 9.48. The van der Waals surface area contributed by atoms with Crippen molar-refractivity contribution in [3.8, 4) is 0 Å². The van der Waals surface area contributed by atoms with Crippen LogP contribution in [0, 0.1) is 28.6 Å². The van der Waals surface area contributed by atoms with E-state index in [2.05, 4.69) is 19.9 Å². The second-order valence-corrected chi connectivity index (χ2v) is 8.98. The highest BCUT2D eigenvalue weighted by Crippen LogP contribution is 2.65. The number of hydrogen-bond acceptors (Lipinski definition) is 2. The molecule has 1 unspecified atom stereocenters. The van der Waals surface area contributed by atoms with E-state index in [0.29, 0.717) is 5.41 Å². The van der Waals surface area contributed by atoms with Gasteiger partial charge < -0.3 is 5.11 Å². The standard InChI is InChI=1S/C21H30O2/c1-20-11-8-19-17(18(20)6-4-14(20)9-12-22)5-3-15-13-16(23)7-10-21(15,19)2/h3,9,12,16-19,23H,4-8,10-11,13H2,1-2H3/t16?,17-,18-,19+,20+,21-/m0/s1. The van der Waals surface area contributed by atoms with E-state index in [1.54, 1.807) is 5.57 Å². The molecule has 0 aromatic rings. The molecular weight excluding hydrogens is 284 g/mol. The van der Waals surface area contributed by atoms with E-state index in [0.717, 1.165) is 49.7 Å². The summed E-state index contributed by atoms with van der Waals surface area (Å²) < 4.78 is 0. The fraction of sp³-hybridized carbons (Fsp3) is 0.762. The van der Waals surface area contributed by atoms with Gasteiger partial charge in [0.1, 0.15) is 6.29 Å². The summed E-state index contributed by atoms with van der Waals surface area (Å²) in [5.41, 5.74) is 3.54. The van der Waals surface area contributed by atoms with Crippen LogP contribution in [0.5, 0.6) is 0 Å². The third kappa shape index (κ3) is 2.13. The molecule has 2 heteroatoms. The molecule has 23 heavy (non-hydrogen) atoms. The van der Waals surface area contributed by atoms with Crippen LogP contribution in [0.1, 0.15) is 65.2 Å². The van der Waals surface area contributed by atoms with Gasteiger partial charge >= 0.3 is 0 Å². The number of rotatable bonds is 1. The lowest BCUT2D eigenvalue weighted by Crippen LogP contribution is -2.49. The van der Waals surface area contributed by atoms with Crippen molar-refractivity contribution in [2.75, 3.05) is 0 Å². The van der Waals surface area contributed by atoms with E-state index in [4.69, 9.17) is 0 Å². The van der Waals surface area contributed by atoms with Gasteiger partial charge in [-0.15, -0.1) is 0 Å². The zero-order chi connectivity index (χ0) is 16.2. The molecule has 0 aromatic carbocycles. The van der Waals surface area contributed by atoms with E-state index in [1.807, 2.05) is 6.08 Å². The number of aldehydes is 1. The molecule has 4 aliphatic rings. The maximum absolute atomic E-state index is 11.0. The number of carbonyl (C=O) groups excluding carboxylic acids is 1. The Morgan fingerprint density at radius 3 is 2.65 bits per heavy atom. The normalized spacial score (nSPS) is 50.7. The lowest BCUT2D eigenvalue weighted by Gasteiger charge is -2.57. The van der Waals surface area contributed by atoms with E-state index < -0.39 is 0 Å². The fourth-order valence-electron chi connectivity index (χ4n) is 6.85. The van der Waals surface area contributed by atoms with Crippen LogP contribution in [-0.2, 0) is 4.79 Å². The quantitative estimate of drug-likeness (QED) is 0.441. The van der Waals surface area contributed by atoms with Gasteiger partial charge in [0.25, 0.3) is 0 Å². The van der Waals surface area contributed by atoms with E-state index in [9.17, 15) is 9.90 Å². The summed E-state index contributed by atoms with van der Waals surface area (Å²) >= 11 is 0. The highest BCUT2D eigenvalue weighted by molar-refractivity contribution is 5.67. The Morgan fingerprint density at radius 1 is 1.13 bits per heavy atom. The summed E-state index contributed by atoms with van der Waals surface area (Å²) in [5, 5.41) is 10.1. The van der Waals surface area contributed by atoms with Crippen LogP contribution in [0.2, 0.25) is 0 Å². The molecule has 0 heterocycles. The van der Waals surface area contributed by atoms with Crippen LogP contribution in [-0.4, -0.2) is 17.5 Å². The Labute approximate surface area is 140 Å². The van der Waals surface area contributed by atoms with Gasteiger partial charge in [-0.1, -0.05) is 31.1 Å². The molecule has 3 fully saturated rings.